The third-order valence-electron chi connectivity index (χ3n) is 1.16. The van der Waals surface area contributed by atoms with E-state index in [1.54, 1.807) is 0 Å². The fourth-order valence-corrected chi connectivity index (χ4v) is 2.72. The monoisotopic (exact) mass is 244 g/mol. The first-order valence-electron chi connectivity index (χ1n) is 2.57. The van der Waals surface area contributed by atoms with Crippen molar-refractivity contribution in [2.24, 2.45) is 0 Å². The van der Waals surface area contributed by atoms with Crippen LogP contribution in [0.1, 0.15) is 0 Å². The zero-order chi connectivity index (χ0) is 11.4. The Kier molecular flexibility index (Phi) is 2.24. The summed E-state index contributed by atoms with van der Waals surface area (Å²) in [5, 5.41) is 53.5. The molecule has 0 rings (SSSR count). The van der Waals surface area contributed by atoms with Crippen molar-refractivity contribution in [1.29, 1.82) is 31.6 Å². The molecule has 0 aromatic carbocycles. The summed E-state index contributed by atoms with van der Waals surface area (Å²) < 4.78 is 0. The average molecular weight is 244 g/mol. The van der Waals surface area contributed by atoms with Crippen LogP contribution in [-0.4, -0.2) is 0 Å². The number of nitriles is 6. The Morgan fingerprint density at radius 2 is 0.929 bits per heavy atom. The molecule has 0 spiro atoms. The van der Waals surface area contributed by atoms with E-state index in [1.165, 1.54) is 30.2 Å². The Morgan fingerprint density at radius 3 is 1.00 bits per heavy atom. The van der Waals surface area contributed by atoms with Crippen molar-refractivity contribution in [3.05, 3.63) is 0 Å². The summed E-state index contributed by atoms with van der Waals surface area (Å²) in [5.74, 6) is 0. The predicted octanol–water partition coefficient (Wildman–Crippen LogP) is 0.746. The van der Waals surface area contributed by atoms with E-state index in [-0.39, 0.29) is 10.2 Å². The summed E-state index contributed by atoms with van der Waals surface area (Å²) in [5.41, 5.74) is 0. The van der Waals surface area contributed by atoms with Crippen LogP contribution in [0.2, 0.25) is 0 Å². The van der Waals surface area contributed by atoms with Gasteiger partial charge in [-0.15, -0.1) is 0 Å². The molecular formula is C6FeN6S. The molecule has 0 aromatic heterocycles. The normalized spacial score (nSPS) is 13.3. The van der Waals surface area contributed by atoms with Crippen molar-refractivity contribution in [2.75, 3.05) is 0 Å². The Bertz CT molecular complexity index is 444. The van der Waals surface area contributed by atoms with Gasteiger partial charge in [-0.25, -0.2) is 0 Å². The zero-order valence-corrected chi connectivity index (χ0v) is 8.37. The third-order valence-corrected chi connectivity index (χ3v) is 7.89. The molecule has 0 fully saturated rings. The van der Waals surface area contributed by atoms with E-state index < -0.39 is 9.61 Å². The van der Waals surface area contributed by atoms with Gasteiger partial charge in [0.05, 0.1) is 0 Å². The molecule has 6 nitrogen and oxygen atoms in total. The van der Waals surface area contributed by atoms with Gasteiger partial charge < -0.3 is 0 Å². The molecule has 0 aliphatic heterocycles. The molecule has 68 valence electrons. The van der Waals surface area contributed by atoms with Crippen LogP contribution in [0.15, 0.2) is 0 Å². The van der Waals surface area contributed by atoms with Crippen LogP contribution < -0.4 is 0 Å². The van der Waals surface area contributed by atoms with Gasteiger partial charge in [0.25, 0.3) is 0 Å². The fraction of sp³-hybridized carbons (Fsp3) is 0. The molecule has 0 atom stereocenters. The second-order valence-electron chi connectivity index (χ2n) is 1.80. The van der Waals surface area contributed by atoms with Crippen molar-refractivity contribution >= 4 is 10.2 Å². The molecule has 0 N–H and O–H groups in total. The molecule has 0 radical (unpaired) electrons. The van der Waals surface area contributed by atoms with Crippen LogP contribution >= 0.6 is 10.2 Å². The molecule has 0 bridgehead atoms. The molecule has 14 heavy (non-hydrogen) atoms. The Morgan fingerprint density at radius 1 is 0.643 bits per heavy atom. The minimum absolute atomic E-state index is 0.135. The third kappa shape index (κ3) is 0.917. The van der Waals surface area contributed by atoms with Gasteiger partial charge >= 0.3 is 81.6 Å². The quantitative estimate of drug-likeness (QED) is 0.488. The van der Waals surface area contributed by atoms with Gasteiger partial charge in [-0.05, 0) is 0 Å². The van der Waals surface area contributed by atoms with Crippen molar-refractivity contribution in [3.8, 4) is 30.2 Å². The average Bonchev–Trinajstić information content (AvgIpc) is 2.29. The summed E-state index contributed by atoms with van der Waals surface area (Å²) in [6.45, 7) is 0. The summed E-state index contributed by atoms with van der Waals surface area (Å²) in [4.78, 5) is 5.92. The predicted molar refractivity (Wildman–Crippen MR) is 41.3 cm³/mol. The van der Waals surface area contributed by atoms with E-state index in [0.29, 0.717) is 0 Å². The molecule has 0 saturated heterocycles. The first-order chi connectivity index (χ1) is 6.47. The van der Waals surface area contributed by atoms with Crippen LogP contribution in [0.3, 0.4) is 0 Å². The fourth-order valence-electron chi connectivity index (χ4n) is 0.338. The second kappa shape index (κ2) is 2.65. The van der Waals surface area contributed by atoms with Gasteiger partial charge in [0.2, 0.25) is 0 Å². The van der Waals surface area contributed by atoms with Crippen molar-refractivity contribution in [3.63, 3.8) is 0 Å². The molecule has 0 aromatic rings. The summed E-state index contributed by atoms with van der Waals surface area (Å²) in [6, 6.07) is 0. The van der Waals surface area contributed by atoms with Crippen LogP contribution in [-0.2, 0) is 9.61 Å². The van der Waals surface area contributed by atoms with E-state index >= 15 is 0 Å². The van der Waals surface area contributed by atoms with Crippen molar-refractivity contribution in [2.45, 2.75) is 0 Å². The van der Waals surface area contributed by atoms with Crippen molar-refractivity contribution in [1.82, 2.24) is 0 Å². The van der Waals surface area contributed by atoms with Gasteiger partial charge in [-0.3, -0.25) is 0 Å². The van der Waals surface area contributed by atoms with Gasteiger partial charge in [-0.1, -0.05) is 0 Å². The summed E-state index contributed by atoms with van der Waals surface area (Å²) >= 11 is 0. The van der Waals surface area contributed by atoms with Gasteiger partial charge in [0.15, 0.2) is 0 Å². The maximum absolute atomic E-state index is 8.76. The number of thiocyanates is 1. The first kappa shape index (κ1) is 11.8. The Hall–Kier alpha value is -2.19. The molecule has 0 saturated carbocycles. The summed E-state index contributed by atoms with van der Waals surface area (Å²) in [7, 11) is -6.09. The van der Waals surface area contributed by atoms with Crippen LogP contribution in [0.25, 0.3) is 0 Å². The number of hydrogen-bond acceptors (Lipinski definition) is 7. The molecule has 8 heteroatoms. The molecular weight excluding hydrogens is 244 g/mol. The van der Waals surface area contributed by atoms with E-state index in [4.69, 9.17) is 31.6 Å². The minimum atomic E-state index is -5.95. The number of rotatable bonds is 1. The van der Waals surface area contributed by atoms with Crippen LogP contribution in [0, 0.1) is 61.8 Å². The van der Waals surface area contributed by atoms with Crippen molar-refractivity contribution < 1.29 is 9.61 Å². The molecule has 0 aliphatic rings. The van der Waals surface area contributed by atoms with Crippen LogP contribution in [0.4, 0.5) is 0 Å². The molecule has 0 unspecified atom stereocenters. The van der Waals surface area contributed by atoms with Gasteiger partial charge in [0, 0.05) is 0 Å². The molecule has 0 amide bonds. The van der Waals surface area contributed by atoms with Crippen LogP contribution in [0.5, 0.6) is 0 Å². The molecule has 0 heterocycles. The van der Waals surface area contributed by atoms with Gasteiger partial charge in [-0.2, -0.15) is 0 Å². The van der Waals surface area contributed by atoms with E-state index in [1.807, 2.05) is 0 Å². The standard InChI is InChI=1S/CHNS.5CN.Fe/c2-1-3;5*1-2;/h3H;;;;;;/q;;;;;;+1/p-1. The second-order valence-corrected chi connectivity index (χ2v) is 10.9. The summed E-state index contributed by atoms with van der Waals surface area (Å²) in [6.07, 6.45) is 0. The maximum atomic E-state index is 8.76. The Labute approximate surface area is 81.8 Å². The Balaban J connectivity index is 6.70. The van der Waals surface area contributed by atoms with Gasteiger partial charge in [0.1, 0.15) is 0 Å². The topological polar surface area (TPSA) is 143 Å². The number of hydrogen-bond donors (Lipinski definition) is 0. The van der Waals surface area contributed by atoms with E-state index in [2.05, 4.69) is 0 Å². The first-order valence-corrected chi connectivity index (χ1v) is 7.38. The SMILES string of the molecule is N#C[S][Fe]([C]#N)([C]#N)([C]#N)([C]#N)[C]#N. The van der Waals surface area contributed by atoms with E-state index in [9.17, 15) is 0 Å². The molecule has 0 aliphatic carbocycles. The van der Waals surface area contributed by atoms with E-state index in [0.717, 1.165) is 0 Å². The zero-order valence-electron chi connectivity index (χ0n) is 6.45. The number of nitrogens with zero attached hydrogens (tertiary/aromatic N) is 6.